The maximum absolute atomic E-state index is 12.4. The van der Waals surface area contributed by atoms with Crippen LogP contribution in [0.3, 0.4) is 0 Å². The average Bonchev–Trinajstić information content (AvgIpc) is 2.70. The second kappa shape index (κ2) is 5.92. The maximum atomic E-state index is 12.4. The minimum Gasteiger partial charge on any atom is -0.378 e. The Morgan fingerprint density at radius 2 is 2.42 bits per heavy atom. The smallest absolute Gasteiger partial charge is 0.228 e. The Hall–Kier alpha value is -1.07. The number of aromatic nitrogens is 2. The second-order valence-corrected chi connectivity index (χ2v) is 5.46. The lowest BCUT2D eigenvalue weighted by Crippen LogP contribution is -2.41. The summed E-state index contributed by atoms with van der Waals surface area (Å²) in [7, 11) is 3.64. The molecule has 1 saturated heterocycles. The molecule has 0 spiro atoms. The predicted octanol–water partition coefficient (Wildman–Crippen LogP) is 1.85. The summed E-state index contributed by atoms with van der Waals surface area (Å²) in [5.74, 6) is 0.853. The Bertz CT molecular complexity index is 461. The molecule has 5 nitrogen and oxygen atoms in total. The number of halogens is 1. The highest BCUT2D eigenvalue weighted by molar-refractivity contribution is 6.29. The first-order chi connectivity index (χ1) is 9.00. The molecule has 1 amide bonds. The van der Waals surface area contributed by atoms with Crippen molar-refractivity contribution < 1.29 is 9.53 Å². The highest BCUT2D eigenvalue weighted by Gasteiger charge is 2.31. The molecule has 0 aromatic carbocycles. The molecule has 0 N–H and O–H groups in total. The van der Waals surface area contributed by atoms with Crippen molar-refractivity contribution >= 4 is 17.5 Å². The standard InChI is InChI=1S/C13H20ClN3O2/c1-9-10(5-4-6-19-9)13(18)16(2)8-12-15-7-11(14)17(12)3/h7,9-10H,4-6,8H2,1-3H3/t9-,10-/m1/s1. The molecular weight excluding hydrogens is 266 g/mol. The summed E-state index contributed by atoms with van der Waals surface area (Å²) >= 11 is 5.94. The van der Waals surface area contributed by atoms with E-state index in [-0.39, 0.29) is 17.9 Å². The van der Waals surface area contributed by atoms with Crippen LogP contribution >= 0.6 is 11.6 Å². The third-order valence-corrected chi connectivity index (χ3v) is 4.06. The van der Waals surface area contributed by atoms with Crippen LogP contribution in [-0.4, -0.2) is 40.1 Å². The minimum atomic E-state index is -0.0468. The molecule has 1 aliphatic heterocycles. The summed E-state index contributed by atoms with van der Waals surface area (Å²) < 4.78 is 7.33. The number of hydrogen-bond donors (Lipinski definition) is 0. The Labute approximate surface area is 118 Å². The number of imidazole rings is 1. The van der Waals surface area contributed by atoms with Crippen molar-refractivity contribution in [1.82, 2.24) is 14.5 Å². The zero-order valence-corrected chi connectivity index (χ0v) is 12.4. The molecule has 2 rings (SSSR count). The van der Waals surface area contributed by atoms with Crippen LogP contribution in [0.2, 0.25) is 5.15 Å². The van der Waals surface area contributed by atoms with Crippen molar-refractivity contribution in [1.29, 1.82) is 0 Å². The van der Waals surface area contributed by atoms with Crippen LogP contribution in [0.5, 0.6) is 0 Å². The van der Waals surface area contributed by atoms with Crippen LogP contribution in [0, 0.1) is 5.92 Å². The van der Waals surface area contributed by atoms with Gasteiger partial charge >= 0.3 is 0 Å². The Morgan fingerprint density at radius 1 is 1.68 bits per heavy atom. The van der Waals surface area contributed by atoms with Gasteiger partial charge in [-0.3, -0.25) is 4.79 Å². The minimum absolute atomic E-state index is 0.00587. The third-order valence-electron chi connectivity index (χ3n) is 3.71. The molecule has 0 saturated carbocycles. The van der Waals surface area contributed by atoms with Crippen LogP contribution in [0.1, 0.15) is 25.6 Å². The molecule has 0 radical (unpaired) electrons. The summed E-state index contributed by atoms with van der Waals surface area (Å²) in [4.78, 5) is 18.3. The maximum Gasteiger partial charge on any atom is 0.228 e. The summed E-state index contributed by atoms with van der Waals surface area (Å²) in [5.41, 5.74) is 0. The number of rotatable bonds is 3. The van der Waals surface area contributed by atoms with Gasteiger partial charge in [0.05, 0.1) is 24.8 Å². The van der Waals surface area contributed by atoms with Gasteiger partial charge in [-0.1, -0.05) is 11.6 Å². The van der Waals surface area contributed by atoms with Gasteiger partial charge in [-0.25, -0.2) is 4.98 Å². The molecule has 0 unspecified atom stereocenters. The SMILES string of the molecule is C[C@H]1OCCC[C@H]1C(=O)N(C)Cc1ncc(Cl)n1C. The Kier molecular flexibility index (Phi) is 4.47. The molecule has 2 heterocycles. The second-order valence-electron chi connectivity index (χ2n) is 5.08. The first-order valence-electron chi connectivity index (χ1n) is 6.53. The number of nitrogens with zero attached hydrogens (tertiary/aromatic N) is 3. The van der Waals surface area contributed by atoms with Crippen LogP contribution in [0.4, 0.5) is 0 Å². The molecule has 1 aliphatic rings. The van der Waals surface area contributed by atoms with E-state index in [0.717, 1.165) is 25.3 Å². The first kappa shape index (κ1) is 14.3. The zero-order valence-electron chi connectivity index (χ0n) is 11.6. The fourth-order valence-corrected chi connectivity index (χ4v) is 2.54. The lowest BCUT2D eigenvalue weighted by molar-refractivity contribution is -0.143. The number of hydrogen-bond acceptors (Lipinski definition) is 3. The molecule has 6 heteroatoms. The molecule has 0 aliphatic carbocycles. The largest absolute Gasteiger partial charge is 0.378 e. The van der Waals surface area contributed by atoms with Crippen molar-refractivity contribution in [2.24, 2.45) is 13.0 Å². The number of carbonyl (C=O) groups is 1. The van der Waals surface area contributed by atoms with E-state index in [4.69, 9.17) is 16.3 Å². The van der Waals surface area contributed by atoms with Gasteiger partial charge in [0, 0.05) is 20.7 Å². The molecule has 2 atom stereocenters. The van der Waals surface area contributed by atoms with E-state index < -0.39 is 0 Å². The highest BCUT2D eigenvalue weighted by Crippen LogP contribution is 2.23. The van der Waals surface area contributed by atoms with Gasteiger partial charge in [-0.05, 0) is 19.8 Å². The van der Waals surface area contributed by atoms with E-state index in [0.29, 0.717) is 11.7 Å². The summed E-state index contributed by atoms with van der Waals surface area (Å²) in [6, 6.07) is 0. The lowest BCUT2D eigenvalue weighted by atomic mass is 9.94. The lowest BCUT2D eigenvalue weighted by Gasteiger charge is -2.31. The molecule has 1 aromatic rings. The monoisotopic (exact) mass is 285 g/mol. The van der Waals surface area contributed by atoms with Crippen LogP contribution < -0.4 is 0 Å². The third kappa shape index (κ3) is 3.09. The number of ether oxygens (including phenoxy) is 1. The summed E-state index contributed by atoms with van der Waals surface area (Å²) in [5, 5.41) is 0.574. The molecular formula is C13H20ClN3O2. The summed E-state index contributed by atoms with van der Waals surface area (Å²) in [6.45, 7) is 3.18. The summed E-state index contributed by atoms with van der Waals surface area (Å²) in [6.07, 6.45) is 3.43. The van der Waals surface area contributed by atoms with Crippen LogP contribution in [-0.2, 0) is 23.1 Å². The van der Waals surface area contributed by atoms with Gasteiger partial charge < -0.3 is 14.2 Å². The van der Waals surface area contributed by atoms with E-state index in [1.165, 1.54) is 0 Å². The van der Waals surface area contributed by atoms with Gasteiger partial charge in [0.1, 0.15) is 11.0 Å². The normalized spacial score (nSPS) is 23.4. The van der Waals surface area contributed by atoms with E-state index in [2.05, 4.69) is 4.98 Å². The van der Waals surface area contributed by atoms with Crippen LogP contribution in [0.25, 0.3) is 0 Å². The Morgan fingerprint density at radius 3 is 3.00 bits per heavy atom. The highest BCUT2D eigenvalue weighted by atomic mass is 35.5. The number of amides is 1. The van der Waals surface area contributed by atoms with Gasteiger partial charge in [-0.2, -0.15) is 0 Å². The quantitative estimate of drug-likeness (QED) is 0.851. The predicted molar refractivity (Wildman–Crippen MR) is 72.8 cm³/mol. The number of carbonyl (C=O) groups excluding carboxylic acids is 1. The molecule has 1 aromatic heterocycles. The van der Waals surface area contributed by atoms with Crippen molar-refractivity contribution in [3.63, 3.8) is 0 Å². The fraction of sp³-hybridized carbons (Fsp3) is 0.692. The van der Waals surface area contributed by atoms with Crippen molar-refractivity contribution in [2.75, 3.05) is 13.7 Å². The van der Waals surface area contributed by atoms with Gasteiger partial charge in [0.2, 0.25) is 5.91 Å². The average molecular weight is 286 g/mol. The van der Waals surface area contributed by atoms with E-state index in [1.807, 2.05) is 14.0 Å². The van der Waals surface area contributed by atoms with Crippen molar-refractivity contribution in [2.45, 2.75) is 32.4 Å². The van der Waals surface area contributed by atoms with E-state index >= 15 is 0 Å². The molecule has 106 valence electrons. The topological polar surface area (TPSA) is 47.4 Å². The first-order valence-corrected chi connectivity index (χ1v) is 6.91. The fourth-order valence-electron chi connectivity index (χ4n) is 2.39. The molecule has 1 fully saturated rings. The zero-order chi connectivity index (χ0) is 14.0. The van der Waals surface area contributed by atoms with Crippen molar-refractivity contribution in [3.8, 4) is 0 Å². The van der Waals surface area contributed by atoms with E-state index in [1.54, 1.807) is 22.7 Å². The van der Waals surface area contributed by atoms with Crippen molar-refractivity contribution in [3.05, 3.63) is 17.2 Å². The van der Waals surface area contributed by atoms with Gasteiger partial charge in [0.25, 0.3) is 0 Å². The Balaban J connectivity index is 2.01. The van der Waals surface area contributed by atoms with Gasteiger partial charge in [0.15, 0.2) is 0 Å². The van der Waals surface area contributed by atoms with E-state index in [9.17, 15) is 4.79 Å². The van der Waals surface area contributed by atoms with Crippen LogP contribution in [0.15, 0.2) is 6.20 Å². The molecule has 0 bridgehead atoms. The van der Waals surface area contributed by atoms with Gasteiger partial charge in [-0.15, -0.1) is 0 Å². The molecule has 19 heavy (non-hydrogen) atoms.